The Morgan fingerprint density at radius 3 is 1.71 bits per heavy atom. The van der Waals surface area contributed by atoms with Crippen LogP contribution in [0.25, 0.3) is 61.3 Å². The van der Waals surface area contributed by atoms with Crippen LogP contribution in [-0.4, -0.2) is 23.2 Å². The molecule has 34 heavy (non-hydrogen) atoms. The Hall–Kier alpha value is -4.38. The van der Waals surface area contributed by atoms with E-state index in [2.05, 4.69) is 99.8 Å². The zero-order chi connectivity index (χ0) is 22.6. The second kappa shape index (κ2) is 6.14. The van der Waals surface area contributed by atoms with Crippen molar-refractivity contribution in [3.8, 4) is 11.1 Å². The van der Waals surface area contributed by atoms with Crippen molar-refractivity contribution in [2.24, 2.45) is 0 Å². The molecule has 0 aliphatic rings. The van der Waals surface area contributed by atoms with Crippen LogP contribution in [0.15, 0.2) is 84.9 Å². The van der Waals surface area contributed by atoms with E-state index in [1.54, 1.807) is 0 Å². The number of imidazole rings is 4. The molecule has 5 nitrogen and oxygen atoms in total. The van der Waals surface area contributed by atoms with Gasteiger partial charge in [-0.05, 0) is 59.0 Å². The van der Waals surface area contributed by atoms with E-state index >= 15 is 0 Å². The minimum absolute atomic E-state index is 0.434. The molecule has 4 aromatic heterocycles. The Morgan fingerprint density at radius 1 is 0.588 bits per heavy atom. The van der Waals surface area contributed by atoms with Gasteiger partial charge in [-0.3, -0.25) is 8.80 Å². The smallest absolute Gasteiger partial charge is 0.223 e. The summed E-state index contributed by atoms with van der Waals surface area (Å²) in [5.74, 6) is 2.24. The van der Waals surface area contributed by atoms with Crippen LogP contribution in [0.1, 0.15) is 25.3 Å². The van der Waals surface area contributed by atoms with E-state index in [9.17, 15) is 0 Å². The van der Waals surface area contributed by atoms with E-state index in [0.717, 1.165) is 50.2 Å². The fourth-order valence-corrected chi connectivity index (χ4v) is 5.68. The number of para-hydroxylation sites is 4. The molecule has 0 N–H and O–H groups in total. The third-order valence-corrected chi connectivity index (χ3v) is 7.16. The molecule has 0 atom stereocenters. The van der Waals surface area contributed by atoms with Gasteiger partial charge in [0.1, 0.15) is 5.52 Å². The lowest BCUT2D eigenvalue weighted by Crippen LogP contribution is -1.93. The first-order valence-electron chi connectivity index (χ1n) is 11.7. The molecule has 0 aliphatic heterocycles. The molecule has 0 fully saturated rings. The SMILES string of the molecule is CC(C)c1ccccc1-c1cc2c3c(c1)n1c4ccccc4nc1n3c1nc3ccccc3n21. The molecule has 0 aliphatic carbocycles. The van der Waals surface area contributed by atoms with E-state index in [4.69, 9.17) is 9.97 Å². The second-order valence-corrected chi connectivity index (χ2v) is 9.41. The van der Waals surface area contributed by atoms with Gasteiger partial charge in [0.25, 0.3) is 0 Å². The van der Waals surface area contributed by atoms with Crippen molar-refractivity contribution < 1.29 is 0 Å². The molecule has 0 radical (unpaired) electrons. The van der Waals surface area contributed by atoms with Crippen molar-refractivity contribution in [1.29, 1.82) is 0 Å². The Bertz CT molecular complexity index is 1930. The largest absolute Gasteiger partial charge is 0.276 e. The molecule has 0 bridgehead atoms. The fourth-order valence-electron chi connectivity index (χ4n) is 5.68. The van der Waals surface area contributed by atoms with Gasteiger partial charge in [0.05, 0.1) is 33.1 Å². The minimum Gasteiger partial charge on any atom is -0.276 e. The number of aromatic nitrogens is 5. The first kappa shape index (κ1) is 18.1. The molecule has 4 heterocycles. The third-order valence-electron chi connectivity index (χ3n) is 7.16. The maximum Gasteiger partial charge on any atom is 0.223 e. The molecular formula is C29H21N5. The second-order valence-electron chi connectivity index (χ2n) is 9.41. The van der Waals surface area contributed by atoms with Gasteiger partial charge in [0.15, 0.2) is 0 Å². The molecule has 0 amide bonds. The summed E-state index contributed by atoms with van der Waals surface area (Å²) in [5.41, 5.74) is 11.5. The average Bonchev–Trinajstić information content (AvgIpc) is 3.58. The number of hydrogen-bond acceptors (Lipinski definition) is 2. The van der Waals surface area contributed by atoms with Gasteiger partial charge >= 0.3 is 0 Å². The van der Waals surface area contributed by atoms with Crippen LogP contribution < -0.4 is 0 Å². The summed E-state index contributed by atoms with van der Waals surface area (Å²) < 4.78 is 6.81. The summed E-state index contributed by atoms with van der Waals surface area (Å²) in [6.45, 7) is 4.52. The minimum atomic E-state index is 0.434. The predicted molar refractivity (Wildman–Crippen MR) is 138 cm³/mol. The highest BCUT2D eigenvalue weighted by atomic mass is 15.3. The van der Waals surface area contributed by atoms with Gasteiger partial charge in [-0.1, -0.05) is 62.4 Å². The standard InChI is InChI=1S/C29H21N5/c1-17(2)19-9-3-4-10-20(19)18-15-25-27-26(16-18)33-24-14-8-6-12-22(24)31-29(33)34(27)28-30-21-11-5-7-13-23(21)32(25)28/h3-17H,1-2H3. The van der Waals surface area contributed by atoms with Gasteiger partial charge in [0, 0.05) is 0 Å². The molecule has 8 rings (SSSR count). The maximum absolute atomic E-state index is 5.05. The topological polar surface area (TPSA) is 39.0 Å². The molecule has 162 valence electrons. The lowest BCUT2D eigenvalue weighted by atomic mass is 9.92. The van der Waals surface area contributed by atoms with Crippen molar-refractivity contribution in [3.63, 3.8) is 0 Å². The summed E-state index contributed by atoms with van der Waals surface area (Å²) >= 11 is 0. The van der Waals surface area contributed by atoms with Crippen LogP contribution in [0, 0.1) is 0 Å². The van der Waals surface area contributed by atoms with Crippen LogP contribution >= 0.6 is 0 Å². The number of fused-ring (bicyclic) bond motifs is 10. The lowest BCUT2D eigenvalue weighted by Gasteiger charge is -2.13. The van der Waals surface area contributed by atoms with Gasteiger partial charge < -0.3 is 0 Å². The van der Waals surface area contributed by atoms with Gasteiger partial charge in [-0.2, -0.15) is 0 Å². The normalized spacial score (nSPS) is 12.7. The van der Waals surface area contributed by atoms with Crippen LogP contribution in [0.5, 0.6) is 0 Å². The Balaban J connectivity index is 1.66. The van der Waals surface area contributed by atoms with Gasteiger partial charge in [-0.25, -0.2) is 14.4 Å². The lowest BCUT2D eigenvalue weighted by molar-refractivity contribution is 0.869. The van der Waals surface area contributed by atoms with E-state index in [1.807, 2.05) is 12.1 Å². The summed E-state index contributed by atoms with van der Waals surface area (Å²) in [6, 6.07) is 30.1. The summed E-state index contributed by atoms with van der Waals surface area (Å²) in [6.07, 6.45) is 0. The van der Waals surface area contributed by atoms with Crippen LogP contribution in [0.3, 0.4) is 0 Å². The summed E-state index contributed by atoms with van der Waals surface area (Å²) in [7, 11) is 0. The quantitative estimate of drug-likeness (QED) is 0.293. The monoisotopic (exact) mass is 439 g/mol. The molecule has 5 heteroatoms. The zero-order valence-corrected chi connectivity index (χ0v) is 18.9. The molecule has 0 saturated carbocycles. The average molecular weight is 440 g/mol. The summed E-state index contributed by atoms with van der Waals surface area (Å²) in [4.78, 5) is 10.1. The van der Waals surface area contributed by atoms with Crippen molar-refractivity contribution in [3.05, 3.63) is 90.5 Å². The predicted octanol–water partition coefficient (Wildman–Crippen LogP) is 6.92. The van der Waals surface area contributed by atoms with Gasteiger partial charge in [-0.15, -0.1) is 0 Å². The van der Waals surface area contributed by atoms with E-state index in [1.165, 1.54) is 16.7 Å². The molecule has 0 spiro atoms. The number of hydrogen-bond donors (Lipinski definition) is 0. The molecular weight excluding hydrogens is 418 g/mol. The molecule has 0 unspecified atom stereocenters. The van der Waals surface area contributed by atoms with E-state index < -0.39 is 0 Å². The third kappa shape index (κ3) is 2.10. The van der Waals surface area contributed by atoms with Crippen LogP contribution in [0.2, 0.25) is 0 Å². The number of rotatable bonds is 2. The zero-order valence-electron chi connectivity index (χ0n) is 18.9. The van der Waals surface area contributed by atoms with Crippen molar-refractivity contribution in [1.82, 2.24) is 23.2 Å². The van der Waals surface area contributed by atoms with Crippen LogP contribution in [-0.2, 0) is 0 Å². The van der Waals surface area contributed by atoms with E-state index in [0.29, 0.717) is 5.92 Å². The molecule has 4 aromatic carbocycles. The maximum atomic E-state index is 5.05. The fraction of sp³-hybridized carbons (Fsp3) is 0.103. The van der Waals surface area contributed by atoms with Crippen molar-refractivity contribution in [2.75, 3.05) is 0 Å². The van der Waals surface area contributed by atoms with E-state index in [-0.39, 0.29) is 0 Å². The Kier molecular flexibility index (Phi) is 3.27. The number of benzene rings is 4. The van der Waals surface area contributed by atoms with Crippen molar-refractivity contribution >= 4 is 50.2 Å². The first-order chi connectivity index (χ1) is 16.7. The first-order valence-corrected chi connectivity index (χ1v) is 11.7. The summed E-state index contributed by atoms with van der Waals surface area (Å²) in [5, 5.41) is 0. The number of nitrogens with zero attached hydrogens (tertiary/aromatic N) is 5. The Morgan fingerprint density at radius 2 is 1.12 bits per heavy atom. The molecule has 0 saturated heterocycles. The highest BCUT2D eigenvalue weighted by Gasteiger charge is 2.24. The van der Waals surface area contributed by atoms with Crippen LogP contribution in [0.4, 0.5) is 0 Å². The Labute approximate surface area is 194 Å². The highest BCUT2D eigenvalue weighted by molar-refractivity contribution is 6.06. The molecule has 8 aromatic rings. The van der Waals surface area contributed by atoms with Gasteiger partial charge in [0.2, 0.25) is 11.6 Å². The highest BCUT2D eigenvalue weighted by Crippen LogP contribution is 2.39. The van der Waals surface area contributed by atoms with Crippen molar-refractivity contribution in [2.45, 2.75) is 19.8 Å².